The normalized spacial score (nSPS) is 11.2. The molecule has 4 nitrogen and oxygen atoms in total. The summed E-state index contributed by atoms with van der Waals surface area (Å²) in [5.74, 6) is -7.54. The molecule has 0 aliphatic rings. The van der Waals surface area contributed by atoms with E-state index in [1.54, 1.807) is 0 Å². The number of esters is 2. The molecule has 0 spiro atoms. The van der Waals surface area contributed by atoms with Gasteiger partial charge in [0.1, 0.15) is 0 Å². The lowest BCUT2D eigenvalue weighted by Gasteiger charge is -2.20. The van der Waals surface area contributed by atoms with Gasteiger partial charge in [-0.1, -0.05) is 19.8 Å². The molecule has 0 aliphatic heterocycles. The summed E-state index contributed by atoms with van der Waals surface area (Å²) in [5.41, 5.74) is -1.70. The number of unbranched alkanes of at least 4 members (excludes halogenated alkanes) is 2. The van der Waals surface area contributed by atoms with E-state index in [1.807, 2.05) is 6.92 Å². The molecule has 1 rings (SSSR count). The summed E-state index contributed by atoms with van der Waals surface area (Å²) in [6, 6.07) is 1.39. The molecule has 0 aliphatic carbocycles. The van der Waals surface area contributed by atoms with Crippen molar-refractivity contribution in [3.8, 4) is 5.75 Å². The van der Waals surface area contributed by atoms with Crippen LogP contribution in [0.15, 0.2) is 12.1 Å². The Morgan fingerprint density at radius 3 is 2.30 bits per heavy atom. The third kappa shape index (κ3) is 4.71. The van der Waals surface area contributed by atoms with Crippen LogP contribution in [0, 0.1) is 22.9 Å². The SMILES string of the molecule is CCCCCOC(=O)C(C)(C)C(=O)Oc1ccc(F)c(F)c1F. The standard InChI is InChI=1S/C16H19F3O4/c1-4-5-6-9-22-14(20)16(2,3)15(21)23-11-8-7-10(17)12(18)13(11)19/h7-8H,4-6,9H2,1-3H3. The molecule has 0 unspecified atom stereocenters. The van der Waals surface area contributed by atoms with E-state index in [4.69, 9.17) is 4.74 Å². The summed E-state index contributed by atoms with van der Waals surface area (Å²) in [5, 5.41) is 0. The molecular weight excluding hydrogens is 313 g/mol. The van der Waals surface area contributed by atoms with Crippen LogP contribution in [0.2, 0.25) is 0 Å². The number of carbonyl (C=O) groups is 2. The lowest BCUT2D eigenvalue weighted by Crippen LogP contribution is -2.38. The van der Waals surface area contributed by atoms with Gasteiger partial charge in [-0.05, 0) is 32.4 Å². The molecule has 23 heavy (non-hydrogen) atoms. The molecule has 1 aromatic carbocycles. The van der Waals surface area contributed by atoms with Gasteiger partial charge in [0.05, 0.1) is 6.61 Å². The minimum absolute atomic E-state index is 0.156. The first-order valence-corrected chi connectivity index (χ1v) is 7.24. The first-order chi connectivity index (χ1) is 10.7. The van der Waals surface area contributed by atoms with E-state index < -0.39 is 40.6 Å². The Labute approximate surface area is 132 Å². The number of benzene rings is 1. The summed E-state index contributed by atoms with van der Waals surface area (Å²) >= 11 is 0. The van der Waals surface area contributed by atoms with Crippen molar-refractivity contribution >= 4 is 11.9 Å². The summed E-state index contributed by atoms with van der Waals surface area (Å²) in [4.78, 5) is 23.9. The monoisotopic (exact) mass is 332 g/mol. The van der Waals surface area contributed by atoms with Gasteiger partial charge in [-0.3, -0.25) is 9.59 Å². The molecule has 0 saturated heterocycles. The van der Waals surface area contributed by atoms with E-state index in [0.717, 1.165) is 18.9 Å². The van der Waals surface area contributed by atoms with Crippen molar-refractivity contribution in [2.75, 3.05) is 6.61 Å². The fourth-order valence-electron chi connectivity index (χ4n) is 1.60. The highest BCUT2D eigenvalue weighted by Gasteiger charge is 2.40. The van der Waals surface area contributed by atoms with Gasteiger partial charge in [-0.2, -0.15) is 4.39 Å². The number of hydrogen-bond donors (Lipinski definition) is 0. The smallest absolute Gasteiger partial charge is 0.328 e. The van der Waals surface area contributed by atoms with E-state index in [-0.39, 0.29) is 6.61 Å². The molecule has 0 N–H and O–H groups in total. The zero-order chi connectivity index (χ0) is 17.6. The molecule has 0 amide bonds. The summed E-state index contributed by atoms with van der Waals surface area (Å²) in [6.45, 7) is 4.63. The number of rotatable bonds is 7. The number of hydrogen-bond acceptors (Lipinski definition) is 4. The Balaban J connectivity index is 2.75. The zero-order valence-electron chi connectivity index (χ0n) is 13.3. The fraction of sp³-hybridized carbons (Fsp3) is 0.500. The van der Waals surface area contributed by atoms with E-state index >= 15 is 0 Å². The average molecular weight is 332 g/mol. The van der Waals surface area contributed by atoms with E-state index in [9.17, 15) is 22.8 Å². The van der Waals surface area contributed by atoms with Gasteiger partial charge in [-0.15, -0.1) is 0 Å². The lowest BCUT2D eigenvalue weighted by atomic mass is 9.94. The van der Waals surface area contributed by atoms with E-state index in [0.29, 0.717) is 12.5 Å². The van der Waals surface area contributed by atoms with Crippen LogP contribution in [0.1, 0.15) is 40.0 Å². The van der Waals surface area contributed by atoms with Crippen LogP contribution in [0.25, 0.3) is 0 Å². The van der Waals surface area contributed by atoms with Crippen molar-refractivity contribution in [3.05, 3.63) is 29.6 Å². The van der Waals surface area contributed by atoms with Crippen molar-refractivity contribution in [1.82, 2.24) is 0 Å². The first kappa shape index (κ1) is 19.0. The molecule has 1 aromatic rings. The maximum absolute atomic E-state index is 13.5. The highest BCUT2D eigenvalue weighted by Crippen LogP contribution is 2.26. The predicted octanol–water partition coefficient (Wildman–Crippen LogP) is 3.77. The Bertz CT molecular complexity index is 585. The quantitative estimate of drug-likeness (QED) is 0.251. The van der Waals surface area contributed by atoms with Crippen LogP contribution in [0.4, 0.5) is 13.2 Å². The van der Waals surface area contributed by atoms with E-state index in [2.05, 4.69) is 4.74 Å². The van der Waals surface area contributed by atoms with Crippen LogP contribution in [0.5, 0.6) is 5.75 Å². The Morgan fingerprint density at radius 2 is 1.70 bits per heavy atom. The van der Waals surface area contributed by atoms with Gasteiger partial charge < -0.3 is 9.47 Å². The molecule has 0 bridgehead atoms. The number of ether oxygens (including phenoxy) is 2. The molecular formula is C16H19F3O4. The van der Waals surface area contributed by atoms with Crippen LogP contribution in [-0.4, -0.2) is 18.5 Å². The first-order valence-electron chi connectivity index (χ1n) is 7.24. The largest absolute Gasteiger partial charge is 0.465 e. The second-order valence-electron chi connectivity index (χ2n) is 5.53. The van der Waals surface area contributed by atoms with Crippen molar-refractivity contribution in [2.24, 2.45) is 5.41 Å². The third-order valence-electron chi connectivity index (χ3n) is 3.20. The average Bonchev–Trinajstić information content (AvgIpc) is 2.51. The van der Waals surface area contributed by atoms with Gasteiger partial charge in [0.15, 0.2) is 22.8 Å². The predicted molar refractivity (Wildman–Crippen MR) is 76.2 cm³/mol. The highest BCUT2D eigenvalue weighted by atomic mass is 19.2. The number of carbonyl (C=O) groups excluding carboxylic acids is 2. The van der Waals surface area contributed by atoms with Crippen LogP contribution < -0.4 is 4.74 Å². The maximum atomic E-state index is 13.5. The molecule has 128 valence electrons. The Morgan fingerprint density at radius 1 is 1.04 bits per heavy atom. The van der Waals surface area contributed by atoms with Crippen LogP contribution in [0.3, 0.4) is 0 Å². The van der Waals surface area contributed by atoms with Crippen molar-refractivity contribution in [1.29, 1.82) is 0 Å². The molecule has 0 fully saturated rings. The van der Waals surface area contributed by atoms with Crippen molar-refractivity contribution < 1.29 is 32.2 Å². The molecule has 7 heteroatoms. The zero-order valence-corrected chi connectivity index (χ0v) is 13.3. The summed E-state index contributed by atoms with van der Waals surface area (Å²) < 4.78 is 49.1. The second kappa shape index (κ2) is 7.99. The molecule has 0 aromatic heterocycles. The highest BCUT2D eigenvalue weighted by molar-refractivity contribution is 5.99. The van der Waals surface area contributed by atoms with Gasteiger partial charge in [0.2, 0.25) is 5.82 Å². The fourth-order valence-corrected chi connectivity index (χ4v) is 1.60. The molecule has 0 radical (unpaired) electrons. The molecule has 0 atom stereocenters. The van der Waals surface area contributed by atoms with E-state index in [1.165, 1.54) is 13.8 Å². The second-order valence-corrected chi connectivity index (χ2v) is 5.53. The third-order valence-corrected chi connectivity index (χ3v) is 3.20. The lowest BCUT2D eigenvalue weighted by molar-refractivity contribution is -0.164. The minimum atomic E-state index is -1.75. The Kier molecular flexibility index (Phi) is 6.60. The molecule has 0 heterocycles. The van der Waals surface area contributed by atoms with Crippen molar-refractivity contribution in [3.63, 3.8) is 0 Å². The Hall–Kier alpha value is -2.05. The minimum Gasteiger partial charge on any atom is -0.465 e. The topological polar surface area (TPSA) is 52.6 Å². The van der Waals surface area contributed by atoms with Crippen LogP contribution >= 0.6 is 0 Å². The molecule has 0 saturated carbocycles. The summed E-state index contributed by atoms with van der Waals surface area (Å²) in [6.07, 6.45) is 2.47. The number of halogens is 3. The summed E-state index contributed by atoms with van der Waals surface area (Å²) in [7, 11) is 0. The van der Waals surface area contributed by atoms with Crippen LogP contribution in [-0.2, 0) is 14.3 Å². The van der Waals surface area contributed by atoms with Gasteiger partial charge in [0.25, 0.3) is 0 Å². The van der Waals surface area contributed by atoms with Gasteiger partial charge in [0, 0.05) is 0 Å². The van der Waals surface area contributed by atoms with Crippen molar-refractivity contribution in [2.45, 2.75) is 40.0 Å². The maximum Gasteiger partial charge on any atom is 0.328 e. The van der Waals surface area contributed by atoms with Gasteiger partial charge >= 0.3 is 11.9 Å². The van der Waals surface area contributed by atoms with Gasteiger partial charge in [-0.25, -0.2) is 8.78 Å².